The standard InChI is InChI=1S/C11H13N3S/c1-3-8-4-9(5-13-11(8)12)10-6-15-7(2)14-10/h4-6H,3H2,1-2H3,(H2,12,13). The van der Waals surface area contributed by atoms with Crippen molar-refractivity contribution in [3.63, 3.8) is 0 Å². The van der Waals surface area contributed by atoms with E-state index in [2.05, 4.69) is 23.0 Å². The van der Waals surface area contributed by atoms with Gasteiger partial charge in [-0.3, -0.25) is 0 Å². The monoisotopic (exact) mass is 219 g/mol. The van der Waals surface area contributed by atoms with Crippen LogP contribution in [0.15, 0.2) is 17.6 Å². The van der Waals surface area contributed by atoms with Crippen LogP contribution < -0.4 is 5.73 Å². The first-order valence-electron chi connectivity index (χ1n) is 4.87. The van der Waals surface area contributed by atoms with Crippen molar-refractivity contribution in [2.75, 3.05) is 5.73 Å². The maximum Gasteiger partial charge on any atom is 0.126 e. The fraction of sp³-hybridized carbons (Fsp3) is 0.273. The largest absolute Gasteiger partial charge is 0.383 e. The molecule has 0 saturated carbocycles. The zero-order valence-corrected chi connectivity index (χ0v) is 9.64. The van der Waals surface area contributed by atoms with Gasteiger partial charge in [0, 0.05) is 17.1 Å². The van der Waals surface area contributed by atoms with Crippen LogP contribution in [0.25, 0.3) is 11.3 Å². The molecule has 3 nitrogen and oxygen atoms in total. The van der Waals surface area contributed by atoms with Crippen molar-refractivity contribution in [3.8, 4) is 11.3 Å². The average molecular weight is 219 g/mol. The van der Waals surface area contributed by atoms with Crippen molar-refractivity contribution in [1.29, 1.82) is 0 Å². The summed E-state index contributed by atoms with van der Waals surface area (Å²) in [5.41, 5.74) is 8.87. The van der Waals surface area contributed by atoms with Gasteiger partial charge in [-0.2, -0.15) is 0 Å². The highest BCUT2D eigenvalue weighted by Crippen LogP contribution is 2.23. The molecule has 0 radical (unpaired) electrons. The molecule has 0 aliphatic carbocycles. The second-order valence-electron chi connectivity index (χ2n) is 3.37. The minimum absolute atomic E-state index is 0.619. The quantitative estimate of drug-likeness (QED) is 0.844. The SMILES string of the molecule is CCc1cc(-c2csc(C)n2)cnc1N. The van der Waals surface area contributed by atoms with E-state index < -0.39 is 0 Å². The molecule has 2 aromatic heterocycles. The van der Waals surface area contributed by atoms with E-state index in [1.807, 2.05) is 12.3 Å². The number of thiazole rings is 1. The molecule has 4 heteroatoms. The minimum atomic E-state index is 0.619. The third-order valence-electron chi connectivity index (χ3n) is 2.30. The lowest BCUT2D eigenvalue weighted by atomic mass is 10.1. The maximum atomic E-state index is 5.75. The van der Waals surface area contributed by atoms with Crippen LogP contribution in [0.4, 0.5) is 5.82 Å². The van der Waals surface area contributed by atoms with Gasteiger partial charge in [0.1, 0.15) is 5.82 Å². The van der Waals surface area contributed by atoms with Crippen LogP contribution >= 0.6 is 11.3 Å². The van der Waals surface area contributed by atoms with E-state index in [-0.39, 0.29) is 0 Å². The highest BCUT2D eigenvalue weighted by molar-refractivity contribution is 7.09. The molecule has 0 fully saturated rings. The lowest BCUT2D eigenvalue weighted by molar-refractivity contribution is 1.11. The van der Waals surface area contributed by atoms with Crippen LogP contribution in [0.5, 0.6) is 0 Å². The summed E-state index contributed by atoms with van der Waals surface area (Å²) in [6.07, 6.45) is 2.68. The number of nitrogens with zero attached hydrogens (tertiary/aromatic N) is 2. The van der Waals surface area contributed by atoms with E-state index in [1.165, 1.54) is 0 Å². The Morgan fingerprint density at radius 1 is 1.47 bits per heavy atom. The number of nitrogens with two attached hydrogens (primary N) is 1. The van der Waals surface area contributed by atoms with Crippen LogP contribution in [0, 0.1) is 6.92 Å². The normalized spacial score (nSPS) is 10.5. The molecule has 0 aliphatic rings. The van der Waals surface area contributed by atoms with Gasteiger partial charge in [0.15, 0.2) is 0 Å². The molecular formula is C11H13N3S. The summed E-state index contributed by atoms with van der Waals surface area (Å²) in [7, 11) is 0. The van der Waals surface area contributed by atoms with Gasteiger partial charge in [0.2, 0.25) is 0 Å². The zero-order chi connectivity index (χ0) is 10.8. The number of rotatable bonds is 2. The van der Waals surface area contributed by atoms with Crippen molar-refractivity contribution < 1.29 is 0 Å². The first-order valence-corrected chi connectivity index (χ1v) is 5.75. The highest BCUT2D eigenvalue weighted by atomic mass is 32.1. The van der Waals surface area contributed by atoms with Crippen molar-refractivity contribution >= 4 is 17.2 Å². The molecule has 78 valence electrons. The molecule has 0 bridgehead atoms. The Labute approximate surface area is 93.0 Å². The number of pyridine rings is 1. The van der Waals surface area contributed by atoms with Gasteiger partial charge < -0.3 is 5.73 Å². The summed E-state index contributed by atoms with van der Waals surface area (Å²) < 4.78 is 0. The fourth-order valence-electron chi connectivity index (χ4n) is 1.44. The summed E-state index contributed by atoms with van der Waals surface area (Å²) in [4.78, 5) is 8.60. The van der Waals surface area contributed by atoms with E-state index in [1.54, 1.807) is 17.5 Å². The molecule has 2 N–H and O–H groups in total. The Kier molecular flexibility index (Phi) is 2.68. The topological polar surface area (TPSA) is 51.8 Å². The molecule has 0 saturated heterocycles. The molecule has 0 spiro atoms. The maximum absolute atomic E-state index is 5.75. The third-order valence-corrected chi connectivity index (χ3v) is 3.07. The van der Waals surface area contributed by atoms with Crippen molar-refractivity contribution in [3.05, 3.63) is 28.2 Å². The molecule has 2 heterocycles. The van der Waals surface area contributed by atoms with E-state index in [9.17, 15) is 0 Å². The van der Waals surface area contributed by atoms with Gasteiger partial charge in [-0.1, -0.05) is 6.92 Å². The molecule has 2 rings (SSSR count). The number of hydrogen-bond acceptors (Lipinski definition) is 4. The molecule has 0 unspecified atom stereocenters. The third kappa shape index (κ3) is 1.99. The zero-order valence-electron chi connectivity index (χ0n) is 8.82. The number of aromatic nitrogens is 2. The van der Waals surface area contributed by atoms with Crippen LogP contribution in [-0.2, 0) is 6.42 Å². The predicted octanol–water partition coefficient (Wildman–Crippen LogP) is 2.66. The average Bonchev–Trinajstić information content (AvgIpc) is 2.66. The Morgan fingerprint density at radius 3 is 2.87 bits per heavy atom. The smallest absolute Gasteiger partial charge is 0.126 e. The molecule has 0 amide bonds. The Balaban J connectivity index is 2.45. The summed E-state index contributed by atoms with van der Waals surface area (Å²) >= 11 is 1.65. The molecular weight excluding hydrogens is 206 g/mol. The van der Waals surface area contributed by atoms with E-state index in [4.69, 9.17) is 5.73 Å². The Bertz CT molecular complexity index is 476. The summed E-state index contributed by atoms with van der Waals surface area (Å²) in [6, 6.07) is 2.07. The summed E-state index contributed by atoms with van der Waals surface area (Å²) in [6.45, 7) is 4.07. The van der Waals surface area contributed by atoms with Gasteiger partial charge in [-0.05, 0) is 25.0 Å². The van der Waals surface area contributed by atoms with Crippen LogP contribution in [0.1, 0.15) is 17.5 Å². The second kappa shape index (κ2) is 3.98. The van der Waals surface area contributed by atoms with Crippen molar-refractivity contribution in [1.82, 2.24) is 9.97 Å². The summed E-state index contributed by atoms with van der Waals surface area (Å²) in [5.74, 6) is 0.619. The fourth-order valence-corrected chi connectivity index (χ4v) is 2.06. The van der Waals surface area contributed by atoms with Gasteiger partial charge in [0.05, 0.1) is 10.7 Å². The van der Waals surface area contributed by atoms with Gasteiger partial charge in [-0.25, -0.2) is 9.97 Å². The van der Waals surface area contributed by atoms with Crippen molar-refractivity contribution in [2.45, 2.75) is 20.3 Å². The van der Waals surface area contributed by atoms with E-state index >= 15 is 0 Å². The highest BCUT2D eigenvalue weighted by Gasteiger charge is 2.05. The van der Waals surface area contributed by atoms with Crippen molar-refractivity contribution in [2.24, 2.45) is 0 Å². The first-order chi connectivity index (χ1) is 7.20. The second-order valence-corrected chi connectivity index (χ2v) is 4.44. The van der Waals surface area contributed by atoms with Gasteiger partial charge in [0.25, 0.3) is 0 Å². The molecule has 0 aromatic carbocycles. The van der Waals surface area contributed by atoms with Crippen LogP contribution in [0.3, 0.4) is 0 Å². The summed E-state index contributed by atoms with van der Waals surface area (Å²) in [5, 5.41) is 3.11. The Morgan fingerprint density at radius 2 is 2.27 bits per heavy atom. The first kappa shape index (κ1) is 10.1. The van der Waals surface area contributed by atoms with Gasteiger partial charge in [-0.15, -0.1) is 11.3 Å². The minimum Gasteiger partial charge on any atom is -0.383 e. The van der Waals surface area contributed by atoms with Gasteiger partial charge >= 0.3 is 0 Å². The predicted molar refractivity (Wildman–Crippen MR) is 63.9 cm³/mol. The number of aryl methyl sites for hydroxylation is 2. The molecule has 15 heavy (non-hydrogen) atoms. The number of anilines is 1. The lowest BCUT2D eigenvalue weighted by Crippen LogP contribution is -1.97. The van der Waals surface area contributed by atoms with E-state index in [0.717, 1.165) is 28.2 Å². The Hall–Kier alpha value is -1.42. The molecule has 2 aromatic rings. The van der Waals surface area contributed by atoms with E-state index in [0.29, 0.717) is 5.82 Å². The lowest BCUT2D eigenvalue weighted by Gasteiger charge is -2.03. The number of nitrogen functional groups attached to an aromatic ring is 1. The molecule has 0 aliphatic heterocycles. The number of hydrogen-bond donors (Lipinski definition) is 1. The van der Waals surface area contributed by atoms with Crippen LogP contribution in [0.2, 0.25) is 0 Å². The molecule has 0 atom stereocenters. The van der Waals surface area contributed by atoms with Crippen LogP contribution in [-0.4, -0.2) is 9.97 Å².